The molecule has 1 heterocycles. The van der Waals surface area contributed by atoms with Gasteiger partial charge in [-0.2, -0.15) is 0 Å². The predicted octanol–water partition coefficient (Wildman–Crippen LogP) is 4.18. The first-order valence-corrected chi connectivity index (χ1v) is 8.77. The molecule has 2 rings (SSSR count). The Balaban J connectivity index is 2.10. The molecule has 1 N–H and O–H groups in total. The first-order valence-electron chi connectivity index (χ1n) is 8.01. The van der Waals surface area contributed by atoms with Gasteiger partial charge in [0, 0.05) is 35.5 Å². The quantitative estimate of drug-likeness (QED) is 0.796. The minimum atomic E-state index is -0.0709. The van der Waals surface area contributed by atoms with Crippen molar-refractivity contribution in [2.24, 2.45) is 0 Å². The molecular formula is C17H22Cl2N4O. The molecule has 0 radical (unpaired) electrons. The minimum absolute atomic E-state index is 0.0709. The van der Waals surface area contributed by atoms with Crippen molar-refractivity contribution >= 4 is 29.2 Å². The minimum Gasteiger partial charge on any atom is -0.338 e. The summed E-state index contributed by atoms with van der Waals surface area (Å²) < 4.78 is 1.99. The summed E-state index contributed by atoms with van der Waals surface area (Å²) in [6.45, 7) is 6.30. The summed E-state index contributed by atoms with van der Waals surface area (Å²) in [5, 5.41) is 4.13. The zero-order valence-corrected chi connectivity index (χ0v) is 15.4. The van der Waals surface area contributed by atoms with Crippen molar-refractivity contribution in [3.05, 3.63) is 52.0 Å². The number of benzene rings is 1. The Bertz CT molecular complexity index is 687. The number of hydrogen-bond donors (Lipinski definition) is 1. The molecule has 0 fully saturated rings. The summed E-state index contributed by atoms with van der Waals surface area (Å²) >= 11 is 12.2. The zero-order chi connectivity index (χ0) is 17.5. The van der Waals surface area contributed by atoms with Gasteiger partial charge in [0.15, 0.2) is 0 Å². The summed E-state index contributed by atoms with van der Waals surface area (Å²) in [6.07, 6.45) is 4.53. The lowest BCUT2D eigenvalue weighted by Crippen LogP contribution is -2.40. The molecule has 0 saturated carbocycles. The molecule has 130 valence electrons. The van der Waals surface area contributed by atoms with Crippen LogP contribution in [0.5, 0.6) is 0 Å². The number of rotatable bonds is 7. The average molecular weight is 369 g/mol. The number of imidazole rings is 1. The van der Waals surface area contributed by atoms with Gasteiger partial charge in [-0.1, -0.05) is 36.2 Å². The maximum absolute atomic E-state index is 12.2. The van der Waals surface area contributed by atoms with E-state index < -0.39 is 0 Å². The van der Waals surface area contributed by atoms with E-state index in [2.05, 4.69) is 10.3 Å². The molecule has 0 atom stereocenters. The summed E-state index contributed by atoms with van der Waals surface area (Å²) in [7, 11) is 0. The number of nitrogens with one attached hydrogen (secondary N) is 1. The number of carbonyl (C=O) groups excluding carboxylic acids is 1. The molecule has 7 heteroatoms. The van der Waals surface area contributed by atoms with Gasteiger partial charge in [-0.15, -0.1) is 0 Å². The normalized spacial score (nSPS) is 10.7. The molecule has 2 amide bonds. The van der Waals surface area contributed by atoms with Crippen LogP contribution in [0.25, 0.3) is 0 Å². The third-order valence-electron chi connectivity index (χ3n) is 3.68. The highest BCUT2D eigenvalue weighted by molar-refractivity contribution is 6.35. The van der Waals surface area contributed by atoms with Crippen LogP contribution in [0.3, 0.4) is 0 Å². The molecule has 0 saturated heterocycles. The molecule has 0 unspecified atom stereocenters. The van der Waals surface area contributed by atoms with Crippen LogP contribution in [0.15, 0.2) is 30.6 Å². The molecule has 0 spiro atoms. The van der Waals surface area contributed by atoms with E-state index in [1.807, 2.05) is 36.7 Å². The molecule has 0 bridgehead atoms. The Labute approximate surface area is 152 Å². The highest BCUT2D eigenvalue weighted by Crippen LogP contribution is 2.22. The number of hydrogen-bond acceptors (Lipinski definition) is 2. The standard InChI is InChI=1S/C17H22Cl2N4O/c1-3-7-21-17(24)22(4-2)12-16-20-8-9-23(16)11-13-5-6-14(18)10-15(13)19/h5-6,8-10H,3-4,7,11-12H2,1-2H3,(H,21,24). The topological polar surface area (TPSA) is 50.2 Å². The van der Waals surface area contributed by atoms with Gasteiger partial charge in [-0.3, -0.25) is 0 Å². The number of urea groups is 1. The summed E-state index contributed by atoms with van der Waals surface area (Å²) in [5.74, 6) is 0.814. The molecule has 5 nitrogen and oxygen atoms in total. The molecular weight excluding hydrogens is 347 g/mol. The SMILES string of the molecule is CCCNC(=O)N(CC)Cc1nccn1Cc1ccc(Cl)cc1Cl. The average Bonchev–Trinajstić information content (AvgIpc) is 2.99. The van der Waals surface area contributed by atoms with Crippen LogP contribution in [-0.2, 0) is 13.1 Å². The van der Waals surface area contributed by atoms with Crippen LogP contribution in [-0.4, -0.2) is 33.6 Å². The summed E-state index contributed by atoms with van der Waals surface area (Å²) in [6, 6.07) is 5.38. The lowest BCUT2D eigenvalue weighted by atomic mass is 10.2. The Morgan fingerprint density at radius 3 is 2.79 bits per heavy atom. The van der Waals surface area contributed by atoms with Crippen LogP contribution in [0.4, 0.5) is 4.79 Å². The maximum Gasteiger partial charge on any atom is 0.317 e. The van der Waals surface area contributed by atoms with E-state index in [-0.39, 0.29) is 6.03 Å². The van der Waals surface area contributed by atoms with Crippen LogP contribution in [0, 0.1) is 0 Å². The molecule has 1 aromatic heterocycles. The number of carbonyl (C=O) groups is 1. The molecule has 0 aliphatic rings. The second-order valence-electron chi connectivity index (χ2n) is 5.45. The number of amides is 2. The number of nitrogens with zero attached hydrogens (tertiary/aromatic N) is 3. The number of aromatic nitrogens is 2. The van der Waals surface area contributed by atoms with E-state index in [1.54, 1.807) is 17.2 Å². The smallest absolute Gasteiger partial charge is 0.317 e. The van der Waals surface area contributed by atoms with Crippen LogP contribution < -0.4 is 5.32 Å². The van der Waals surface area contributed by atoms with Gasteiger partial charge < -0.3 is 14.8 Å². The van der Waals surface area contributed by atoms with E-state index in [0.29, 0.717) is 36.2 Å². The second kappa shape index (κ2) is 8.94. The Hall–Kier alpha value is -1.72. The molecule has 24 heavy (non-hydrogen) atoms. The van der Waals surface area contributed by atoms with Gasteiger partial charge in [-0.05, 0) is 31.0 Å². The lowest BCUT2D eigenvalue weighted by molar-refractivity contribution is 0.196. The van der Waals surface area contributed by atoms with Crippen molar-refractivity contribution in [2.45, 2.75) is 33.4 Å². The predicted molar refractivity (Wildman–Crippen MR) is 97.6 cm³/mol. The number of halogens is 2. The van der Waals surface area contributed by atoms with E-state index >= 15 is 0 Å². The Kier molecular flexibility index (Phi) is 6.94. The van der Waals surface area contributed by atoms with Gasteiger partial charge in [0.05, 0.1) is 13.1 Å². The van der Waals surface area contributed by atoms with Gasteiger partial charge >= 0.3 is 6.03 Å². The lowest BCUT2D eigenvalue weighted by Gasteiger charge is -2.21. The van der Waals surface area contributed by atoms with Gasteiger partial charge in [0.1, 0.15) is 5.82 Å². The fourth-order valence-electron chi connectivity index (χ4n) is 2.31. The van der Waals surface area contributed by atoms with E-state index in [9.17, 15) is 4.79 Å². The first-order chi connectivity index (χ1) is 11.5. The van der Waals surface area contributed by atoms with Crippen molar-refractivity contribution < 1.29 is 4.79 Å². The van der Waals surface area contributed by atoms with Crippen molar-refractivity contribution in [2.75, 3.05) is 13.1 Å². The summed E-state index contributed by atoms with van der Waals surface area (Å²) in [5.41, 5.74) is 0.957. The van der Waals surface area contributed by atoms with E-state index in [0.717, 1.165) is 17.8 Å². The molecule has 2 aromatic rings. The third-order valence-corrected chi connectivity index (χ3v) is 4.27. The van der Waals surface area contributed by atoms with Crippen molar-refractivity contribution in [1.29, 1.82) is 0 Å². The zero-order valence-electron chi connectivity index (χ0n) is 13.9. The maximum atomic E-state index is 12.2. The summed E-state index contributed by atoms with van der Waals surface area (Å²) in [4.78, 5) is 18.3. The highest BCUT2D eigenvalue weighted by atomic mass is 35.5. The van der Waals surface area contributed by atoms with E-state index in [1.165, 1.54) is 0 Å². The Morgan fingerprint density at radius 2 is 2.12 bits per heavy atom. The van der Waals surface area contributed by atoms with Gasteiger partial charge in [0.2, 0.25) is 0 Å². The molecule has 1 aromatic carbocycles. The van der Waals surface area contributed by atoms with Crippen LogP contribution in [0.2, 0.25) is 10.0 Å². The van der Waals surface area contributed by atoms with Gasteiger partial charge in [-0.25, -0.2) is 9.78 Å². The second-order valence-corrected chi connectivity index (χ2v) is 6.30. The molecule has 0 aliphatic heterocycles. The van der Waals surface area contributed by atoms with E-state index in [4.69, 9.17) is 23.2 Å². The van der Waals surface area contributed by atoms with Crippen molar-refractivity contribution in [1.82, 2.24) is 19.8 Å². The fourth-order valence-corrected chi connectivity index (χ4v) is 2.78. The van der Waals surface area contributed by atoms with Crippen LogP contribution >= 0.6 is 23.2 Å². The van der Waals surface area contributed by atoms with Crippen molar-refractivity contribution in [3.63, 3.8) is 0 Å². The molecule has 0 aliphatic carbocycles. The largest absolute Gasteiger partial charge is 0.338 e. The van der Waals surface area contributed by atoms with Crippen LogP contribution in [0.1, 0.15) is 31.7 Å². The Morgan fingerprint density at radius 1 is 1.33 bits per heavy atom. The first kappa shape index (κ1) is 18.6. The monoisotopic (exact) mass is 368 g/mol. The third kappa shape index (κ3) is 4.89. The highest BCUT2D eigenvalue weighted by Gasteiger charge is 2.15. The van der Waals surface area contributed by atoms with Crippen molar-refractivity contribution in [3.8, 4) is 0 Å². The fraction of sp³-hybridized carbons (Fsp3) is 0.412. The van der Waals surface area contributed by atoms with Gasteiger partial charge in [0.25, 0.3) is 0 Å².